The Hall–Kier alpha value is 0. The summed E-state index contributed by atoms with van der Waals surface area (Å²) in [6.07, 6.45) is 1.36. The van der Waals surface area contributed by atoms with Crippen LogP contribution >= 0.6 is 0 Å². The first-order valence-corrected chi connectivity index (χ1v) is 4.13. The molecule has 0 bridgehead atoms. The molecule has 0 N–H and O–H groups in total. The molecule has 0 amide bonds. The van der Waals surface area contributed by atoms with Gasteiger partial charge in [-0.05, 0) is 18.3 Å². The average Bonchev–Trinajstić information content (AvgIpc) is 1.68. The highest BCUT2D eigenvalue weighted by molar-refractivity contribution is 4.47. The van der Waals surface area contributed by atoms with Gasteiger partial charge in [0.15, 0.2) is 0 Å². The summed E-state index contributed by atoms with van der Waals surface area (Å²) in [5.41, 5.74) is 0. The molecule has 0 aliphatic carbocycles. The summed E-state index contributed by atoms with van der Waals surface area (Å²) in [7, 11) is 0. The van der Waals surface area contributed by atoms with Crippen LogP contribution in [0.1, 0.15) is 48.0 Å². The third-order valence-corrected chi connectivity index (χ3v) is 0.943. The van der Waals surface area contributed by atoms with Gasteiger partial charge in [0, 0.05) is 0 Å². The van der Waals surface area contributed by atoms with Crippen LogP contribution in [-0.2, 0) is 0 Å². The minimum Gasteiger partial charge on any atom is -0.0683 e. The van der Waals surface area contributed by atoms with Crippen molar-refractivity contribution in [1.29, 1.82) is 0 Å². The summed E-state index contributed by atoms with van der Waals surface area (Å²) in [4.78, 5) is 0. The molecule has 0 aromatic rings. The van der Waals surface area contributed by atoms with E-state index in [2.05, 4.69) is 27.7 Å². The van der Waals surface area contributed by atoms with Gasteiger partial charge in [0.05, 0.1) is 0 Å². The Morgan fingerprint density at radius 3 is 1.00 bits per heavy atom. The molecule has 0 unspecified atom stereocenters. The fourth-order valence-corrected chi connectivity index (χ4v) is 0.943. The molecule has 0 atom stereocenters. The Morgan fingerprint density at radius 1 is 0.778 bits per heavy atom. The molecule has 0 saturated carbocycles. The summed E-state index contributed by atoms with van der Waals surface area (Å²) in [5, 5.41) is 0. The summed E-state index contributed by atoms with van der Waals surface area (Å²) in [6.45, 7) is 13.1. The lowest BCUT2D eigenvalue weighted by Gasteiger charge is -2.05. The second kappa shape index (κ2) is 8.00. The van der Waals surface area contributed by atoms with Crippen LogP contribution in [0.25, 0.3) is 0 Å². The molecule has 0 aromatic carbocycles. The van der Waals surface area contributed by atoms with Gasteiger partial charge in [-0.25, -0.2) is 0 Å². The van der Waals surface area contributed by atoms with Crippen molar-refractivity contribution in [3.63, 3.8) is 0 Å². The second-order valence-corrected chi connectivity index (χ2v) is 3.02. The monoisotopic (exact) mass is 130 g/mol. The van der Waals surface area contributed by atoms with Gasteiger partial charge in [-0.2, -0.15) is 0 Å². The van der Waals surface area contributed by atoms with Gasteiger partial charge in [0.1, 0.15) is 0 Å². The highest BCUT2D eigenvalue weighted by atomic mass is 14.0. The van der Waals surface area contributed by atoms with E-state index in [1.807, 2.05) is 13.8 Å². The molecule has 0 fully saturated rings. The standard InChI is InChI=1S/C7H16.C2H6/c1-6(2)5-7(3)4;1-2/h6-7H,5H2,1-4H3;1-2H3. The maximum atomic E-state index is 2.26. The van der Waals surface area contributed by atoms with E-state index in [1.54, 1.807) is 0 Å². The van der Waals surface area contributed by atoms with E-state index < -0.39 is 0 Å². The van der Waals surface area contributed by atoms with Crippen LogP contribution in [0.2, 0.25) is 0 Å². The first-order chi connectivity index (χ1) is 4.13. The first kappa shape index (κ1) is 11.8. The molecule has 0 heteroatoms. The normalized spacial score (nSPS) is 9.33. The topological polar surface area (TPSA) is 0 Å². The lowest BCUT2D eigenvalue weighted by Crippen LogP contribution is -1.93. The molecule has 58 valence electrons. The summed E-state index contributed by atoms with van der Waals surface area (Å²) >= 11 is 0. The van der Waals surface area contributed by atoms with Crippen molar-refractivity contribution >= 4 is 0 Å². The third kappa shape index (κ3) is 18.0. The van der Waals surface area contributed by atoms with Crippen molar-refractivity contribution in [3.8, 4) is 0 Å². The van der Waals surface area contributed by atoms with Crippen LogP contribution < -0.4 is 0 Å². The third-order valence-electron chi connectivity index (χ3n) is 0.943. The molecule has 0 saturated heterocycles. The minimum absolute atomic E-state index is 0.875. The zero-order chi connectivity index (χ0) is 7.86. The molecule has 0 radical (unpaired) electrons. The molecule has 0 heterocycles. The lowest BCUT2D eigenvalue weighted by atomic mass is 10.0. The predicted molar refractivity (Wildman–Crippen MR) is 45.6 cm³/mol. The highest BCUT2D eigenvalue weighted by Gasteiger charge is 1.95. The van der Waals surface area contributed by atoms with Crippen molar-refractivity contribution < 1.29 is 0 Å². The molecule has 0 nitrogen and oxygen atoms in total. The fraction of sp³-hybridized carbons (Fsp3) is 1.00. The zero-order valence-electron chi connectivity index (χ0n) is 7.86. The van der Waals surface area contributed by atoms with Gasteiger partial charge < -0.3 is 0 Å². The van der Waals surface area contributed by atoms with E-state index in [0.29, 0.717) is 0 Å². The summed E-state index contributed by atoms with van der Waals surface area (Å²) in [5.74, 6) is 1.75. The van der Waals surface area contributed by atoms with Crippen molar-refractivity contribution in [2.45, 2.75) is 48.0 Å². The SMILES string of the molecule is CC.CC(C)CC(C)C. The van der Waals surface area contributed by atoms with E-state index in [9.17, 15) is 0 Å². The van der Waals surface area contributed by atoms with E-state index in [-0.39, 0.29) is 0 Å². The second-order valence-electron chi connectivity index (χ2n) is 3.02. The highest BCUT2D eigenvalue weighted by Crippen LogP contribution is 2.08. The molecule has 0 aliphatic heterocycles. The van der Waals surface area contributed by atoms with Gasteiger partial charge in [-0.1, -0.05) is 41.5 Å². The van der Waals surface area contributed by atoms with Crippen LogP contribution in [0.3, 0.4) is 0 Å². The van der Waals surface area contributed by atoms with Crippen molar-refractivity contribution in [2.75, 3.05) is 0 Å². The average molecular weight is 130 g/mol. The number of rotatable bonds is 2. The van der Waals surface area contributed by atoms with Gasteiger partial charge in [-0.15, -0.1) is 0 Å². The van der Waals surface area contributed by atoms with Crippen molar-refractivity contribution in [1.82, 2.24) is 0 Å². The number of hydrogen-bond donors (Lipinski definition) is 0. The number of hydrogen-bond acceptors (Lipinski definition) is 0. The smallest absolute Gasteiger partial charge is 0.0469 e. The Kier molecular flexibility index (Phi) is 10.4. The molecule has 0 aromatic heterocycles. The van der Waals surface area contributed by atoms with Gasteiger partial charge >= 0.3 is 0 Å². The first-order valence-electron chi connectivity index (χ1n) is 4.13. The minimum atomic E-state index is 0.875. The van der Waals surface area contributed by atoms with Crippen LogP contribution in [-0.4, -0.2) is 0 Å². The molecular formula is C9H22. The fourth-order valence-electron chi connectivity index (χ4n) is 0.943. The van der Waals surface area contributed by atoms with Gasteiger partial charge in [0.2, 0.25) is 0 Å². The van der Waals surface area contributed by atoms with Crippen molar-refractivity contribution in [3.05, 3.63) is 0 Å². The summed E-state index contributed by atoms with van der Waals surface area (Å²) < 4.78 is 0. The quantitative estimate of drug-likeness (QED) is 0.534. The zero-order valence-corrected chi connectivity index (χ0v) is 7.86. The Morgan fingerprint density at radius 2 is 1.00 bits per heavy atom. The van der Waals surface area contributed by atoms with Crippen molar-refractivity contribution in [2.24, 2.45) is 11.8 Å². The molecule has 0 spiro atoms. The Bertz CT molecular complexity index is 29.3. The van der Waals surface area contributed by atoms with Crippen LogP contribution in [0.4, 0.5) is 0 Å². The lowest BCUT2D eigenvalue weighted by molar-refractivity contribution is 0.469. The van der Waals surface area contributed by atoms with Crippen LogP contribution in [0, 0.1) is 11.8 Å². The van der Waals surface area contributed by atoms with E-state index in [0.717, 1.165) is 11.8 Å². The van der Waals surface area contributed by atoms with Crippen LogP contribution in [0.15, 0.2) is 0 Å². The maximum Gasteiger partial charge on any atom is -0.0469 e. The van der Waals surface area contributed by atoms with Gasteiger partial charge in [-0.3, -0.25) is 0 Å². The van der Waals surface area contributed by atoms with Crippen LogP contribution in [0.5, 0.6) is 0 Å². The molecule has 0 aliphatic rings. The largest absolute Gasteiger partial charge is 0.0683 e. The molecule has 9 heavy (non-hydrogen) atoms. The predicted octanol–water partition coefficient (Wildman–Crippen LogP) is 3.71. The van der Waals surface area contributed by atoms with E-state index >= 15 is 0 Å². The van der Waals surface area contributed by atoms with E-state index in [1.165, 1.54) is 6.42 Å². The Labute approximate surface area is 60.7 Å². The van der Waals surface area contributed by atoms with Gasteiger partial charge in [0.25, 0.3) is 0 Å². The van der Waals surface area contributed by atoms with E-state index in [4.69, 9.17) is 0 Å². The Balaban J connectivity index is 0. The summed E-state index contributed by atoms with van der Waals surface area (Å²) in [6, 6.07) is 0. The maximum absolute atomic E-state index is 2.26. The molecule has 0 rings (SSSR count). The molecular weight excluding hydrogens is 108 g/mol.